The van der Waals surface area contributed by atoms with Crippen LogP contribution in [0.5, 0.6) is 0 Å². The number of ether oxygens (including phenoxy) is 3. The molecule has 1 saturated heterocycles. The molecule has 0 aromatic carbocycles. The van der Waals surface area contributed by atoms with Crippen LogP contribution >= 0.6 is 0 Å². The van der Waals surface area contributed by atoms with Crippen molar-refractivity contribution < 1.29 is 19.0 Å². The fourth-order valence-electron chi connectivity index (χ4n) is 2.14. The lowest BCUT2D eigenvalue weighted by molar-refractivity contribution is -0.319. The number of esters is 1. The van der Waals surface area contributed by atoms with E-state index in [-0.39, 0.29) is 24.1 Å². The molecule has 0 N–H and O–H groups in total. The smallest absolute Gasteiger partial charge is 0.308 e. The monoisotopic (exact) mass is 230 g/mol. The van der Waals surface area contributed by atoms with Gasteiger partial charge in [0.05, 0.1) is 25.7 Å². The number of carbonyl (C=O) groups is 1. The second kappa shape index (κ2) is 5.15. The maximum Gasteiger partial charge on any atom is 0.308 e. The summed E-state index contributed by atoms with van der Waals surface area (Å²) >= 11 is 0. The zero-order chi connectivity index (χ0) is 12.3. The molecule has 0 aliphatic carbocycles. The average molecular weight is 230 g/mol. The maximum absolute atomic E-state index is 11.3. The molecule has 1 heterocycles. The molecule has 4 nitrogen and oxygen atoms in total. The summed E-state index contributed by atoms with van der Waals surface area (Å²) < 4.78 is 16.3. The molecule has 0 spiro atoms. The summed E-state index contributed by atoms with van der Waals surface area (Å²) in [5.41, 5.74) is 0. The Morgan fingerprint density at radius 3 is 2.38 bits per heavy atom. The van der Waals surface area contributed by atoms with Gasteiger partial charge >= 0.3 is 5.97 Å². The molecular formula is C12H22O4. The third-order valence-electron chi connectivity index (χ3n) is 3.04. The molecule has 1 aliphatic rings. The Morgan fingerprint density at radius 1 is 1.31 bits per heavy atom. The lowest BCUT2D eigenvalue weighted by atomic mass is 9.92. The van der Waals surface area contributed by atoms with Crippen molar-refractivity contribution in [1.82, 2.24) is 0 Å². The van der Waals surface area contributed by atoms with Crippen LogP contribution in [0.1, 0.15) is 40.5 Å². The van der Waals surface area contributed by atoms with Gasteiger partial charge in [-0.15, -0.1) is 0 Å². The maximum atomic E-state index is 11.3. The lowest BCUT2D eigenvalue weighted by Gasteiger charge is -2.44. The Morgan fingerprint density at radius 2 is 1.88 bits per heavy atom. The molecule has 0 aromatic rings. The van der Waals surface area contributed by atoms with E-state index >= 15 is 0 Å². The number of hydrogen-bond acceptors (Lipinski definition) is 4. The molecule has 0 bridgehead atoms. The Kier molecular flexibility index (Phi) is 4.33. The highest BCUT2D eigenvalue weighted by atomic mass is 16.7. The zero-order valence-electron chi connectivity index (χ0n) is 10.8. The van der Waals surface area contributed by atoms with Crippen LogP contribution in [-0.4, -0.2) is 31.1 Å². The highest BCUT2D eigenvalue weighted by Crippen LogP contribution is 2.33. The van der Waals surface area contributed by atoms with Crippen molar-refractivity contribution in [3.63, 3.8) is 0 Å². The van der Waals surface area contributed by atoms with Crippen LogP contribution in [0, 0.1) is 5.92 Å². The zero-order valence-corrected chi connectivity index (χ0v) is 10.8. The minimum atomic E-state index is -0.619. The minimum absolute atomic E-state index is 0.124. The predicted octanol–water partition coefficient (Wildman–Crippen LogP) is 2.12. The van der Waals surface area contributed by atoms with Gasteiger partial charge in [-0.3, -0.25) is 4.79 Å². The van der Waals surface area contributed by atoms with E-state index in [1.165, 1.54) is 7.11 Å². The fourth-order valence-corrected chi connectivity index (χ4v) is 2.14. The largest absolute Gasteiger partial charge is 0.469 e. The van der Waals surface area contributed by atoms with Crippen molar-refractivity contribution in [3.05, 3.63) is 0 Å². The van der Waals surface area contributed by atoms with Gasteiger partial charge in [-0.25, -0.2) is 0 Å². The molecule has 0 radical (unpaired) electrons. The molecule has 16 heavy (non-hydrogen) atoms. The van der Waals surface area contributed by atoms with Crippen molar-refractivity contribution in [2.45, 2.75) is 58.5 Å². The second-order valence-corrected chi connectivity index (χ2v) is 4.76. The van der Waals surface area contributed by atoms with E-state index in [1.54, 1.807) is 0 Å². The van der Waals surface area contributed by atoms with Crippen molar-refractivity contribution in [2.24, 2.45) is 5.92 Å². The van der Waals surface area contributed by atoms with E-state index in [0.717, 1.165) is 6.42 Å². The van der Waals surface area contributed by atoms with Gasteiger partial charge < -0.3 is 14.2 Å². The van der Waals surface area contributed by atoms with Gasteiger partial charge in [0.2, 0.25) is 0 Å². The molecule has 3 atom stereocenters. The van der Waals surface area contributed by atoms with Crippen LogP contribution in [0.3, 0.4) is 0 Å². The number of carbonyl (C=O) groups excluding carboxylic acids is 1. The van der Waals surface area contributed by atoms with Crippen molar-refractivity contribution in [1.29, 1.82) is 0 Å². The highest BCUT2D eigenvalue weighted by Gasteiger charge is 2.40. The normalized spacial score (nSPS) is 33.4. The predicted molar refractivity (Wildman–Crippen MR) is 59.9 cm³/mol. The minimum Gasteiger partial charge on any atom is -0.469 e. The van der Waals surface area contributed by atoms with Crippen LogP contribution in [0.2, 0.25) is 0 Å². The van der Waals surface area contributed by atoms with E-state index < -0.39 is 5.79 Å². The van der Waals surface area contributed by atoms with Crippen molar-refractivity contribution in [3.8, 4) is 0 Å². The first-order valence-corrected chi connectivity index (χ1v) is 5.82. The Bertz CT molecular complexity index is 249. The average Bonchev–Trinajstić information content (AvgIpc) is 2.22. The third kappa shape index (κ3) is 3.19. The topological polar surface area (TPSA) is 44.8 Å². The Labute approximate surface area is 97.2 Å². The first kappa shape index (κ1) is 13.5. The molecule has 94 valence electrons. The van der Waals surface area contributed by atoms with Crippen LogP contribution in [0.25, 0.3) is 0 Å². The van der Waals surface area contributed by atoms with E-state index in [4.69, 9.17) is 9.47 Å². The summed E-state index contributed by atoms with van der Waals surface area (Å²) in [4.78, 5) is 11.3. The first-order valence-electron chi connectivity index (χ1n) is 5.82. The van der Waals surface area contributed by atoms with Crippen LogP contribution in [0.4, 0.5) is 0 Å². The summed E-state index contributed by atoms with van der Waals surface area (Å²) in [6, 6.07) is 0. The number of methoxy groups -OCH3 is 1. The molecular weight excluding hydrogens is 208 g/mol. The quantitative estimate of drug-likeness (QED) is 0.697. The van der Waals surface area contributed by atoms with Gasteiger partial charge in [0, 0.05) is 5.92 Å². The SMILES string of the molecule is CC[C@H]1OC(C)(C)O[C@@H](CC(=O)OC)[C@H]1C. The molecule has 0 aromatic heterocycles. The summed E-state index contributed by atoms with van der Waals surface area (Å²) in [7, 11) is 1.40. The summed E-state index contributed by atoms with van der Waals surface area (Å²) in [6.07, 6.45) is 1.23. The van der Waals surface area contributed by atoms with Crippen LogP contribution < -0.4 is 0 Å². The van der Waals surface area contributed by atoms with Gasteiger partial charge in [-0.1, -0.05) is 13.8 Å². The Balaban J connectivity index is 2.70. The molecule has 0 amide bonds. The van der Waals surface area contributed by atoms with E-state index in [1.807, 2.05) is 13.8 Å². The lowest BCUT2D eigenvalue weighted by Crippen LogP contribution is -2.50. The van der Waals surface area contributed by atoms with Gasteiger partial charge in [0.1, 0.15) is 0 Å². The third-order valence-corrected chi connectivity index (χ3v) is 3.04. The van der Waals surface area contributed by atoms with Gasteiger partial charge in [-0.2, -0.15) is 0 Å². The number of hydrogen-bond donors (Lipinski definition) is 0. The highest BCUT2D eigenvalue weighted by molar-refractivity contribution is 5.69. The second-order valence-electron chi connectivity index (χ2n) is 4.76. The van der Waals surface area contributed by atoms with Gasteiger partial charge in [0.25, 0.3) is 0 Å². The van der Waals surface area contributed by atoms with Crippen molar-refractivity contribution >= 4 is 5.97 Å². The van der Waals surface area contributed by atoms with E-state index in [9.17, 15) is 4.79 Å². The molecule has 0 unspecified atom stereocenters. The molecule has 1 rings (SSSR count). The van der Waals surface area contributed by atoms with Gasteiger partial charge in [-0.05, 0) is 20.3 Å². The van der Waals surface area contributed by atoms with Gasteiger partial charge in [0.15, 0.2) is 5.79 Å². The summed E-state index contributed by atoms with van der Waals surface area (Å²) in [5, 5.41) is 0. The first-order chi connectivity index (χ1) is 7.39. The molecule has 1 aliphatic heterocycles. The van der Waals surface area contributed by atoms with Crippen LogP contribution in [0.15, 0.2) is 0 Å². The van der Waals surface area contributed by atoms with E-state index in [0.29, 0.717) is 6.42 Å². The molecule has 0 saturated carbocycles. The standard InChI is InChI=1S/C12H22O4/c1-6-9-8(2)10(7-11(13)14-5)16-12(3,4)15-9/h8-10H,6-7H2,1-5H3/t8-,9+,10-/m0/s1. The summed E-state index contributed by atoms with van der Waals surface area (Å²) in [5.74, 6) is -0.646. The summed E-state index contributed by atoms with van der Waals surface area (Å²) in [6.45, 7) is 7.90. The fraction of sp³-hybridized carbons (Fsp3) is 0.917. The number of rotatable bonds is 3. The van der Waals surface area contributed by atoms with E-state index in [2.05, 4.69) is 18.6 Å². The molecule has 1 fully saturated rings. The molecule has 4 heteroatoms. The van der Waals surface area contributed by atoms with Crippen molar-refractivity contribution in [2.75, 3.05) is 7.11 Å². The Hall–Kier alpha value is -0.610. The van der Waals surface area contributed by atoms with Crippen LogP contribution in [-0.2, 0) is 19.0 Å².